The lowest BCUT2D eigenvalue weighted by Gasteiger charge is -2.04. The summed E-state index contributed by atoms with van der Waals surface area (Å²) in [6.07, 6.45) is 20.1. The van der Waals surface area contributed by atoms with Crippen molar-refractivity contribution in [2.75, 3.05) is 6.61 Å². The SMILES string of the molecule is CCCCC/C=C\C/C=C\CC/C=C/COC(C)C(=O)O. The molecule has 0 saturated carbocycles. The summed E-state index contributed by atoms with van der Waals surface area (Å²) in [5.74, 6) is -0.922. The van der Waals surface area contributed by atoms with Crippen LogP contribution in [0.4, 0.5) is 0 Å². The lowest BCUT2D eigenvalue weighted by atomic mass is 10.2. The number of carbonyl (C=O) groups is 1. The zero-order valence-corrected chi connectivity index (χ0v) is 13.5. The molecule has 0 radical (unpaired) electrons. The topological polar surface area (TPSA) is 46.5 Å². The summed E-state index contributed by atoms with van der Waals surface area (Å²) in [4.78, 5) is 10.5. The molecule has 0 aliphatic carbocycles. The van der Waals surface area contributed by atoms with Crippen LogP contribution in [0.2, 0.25) is 0 Å². The van der Waals surface area contributed by atoms with E-state index in [2.05, 4.69) is 31.2 Å². The van der Waals surface area contributed by atoms with Gasteiger partial charge in [-0.1, -0.05) is 56.2 Å². The Morgan fingerprint density at radius 3 is 2.24 bits per heavy atom. The van der Waals surface area contributed by atoms with Crippen LogP contribution in [-0.2, 0) is 9.53 Å². The van der Waals surface area contributed by atoms with Crippen LogP contribution in [0.15, 0.2) is 36.5 Å². The second kappa shape index (κ2) is 15.0. The second-order valence-electron chi connectivity index (χ2n) is 5.04. The van der Waals surface area contributed by atoms with E-state index < -0.39 is 12.1 Å². The Hall–Kier alpha value is -1.35. The lowest BCUT2D eigenvalue weighted by Crippen LogP contribution is -2.19. The number of unbranched alkanes of at least 4 members (excludes halogenated alkanes) is 4. The fourth-order valence-electron chi connectivity index (χ4n) is 1.67. The Balaban J connectivity index is 3.41. The predicted octanol–water partition coefficient (Wildman–Crippen LogP) is 4.90. The molecule has 0 aliphatic heterocycles. The largest absolute Gasteiger partial charge is 0.479 e. The molecule has 0 aromatic heterocycles. The number of hydrogen-bond donors (Lipinski definition) is 1. The van der Waals surface area contributed by atoms with E-state index in [9.17, 15) is 4.79 Å². The lowest BCUT2D eigenvalue weighted by molar-refractivity contribution is -0.148. The van der Waals surface area contributed by atoms with E-state index >= 15 is 0 Å². The molecule has 1 unspecified atom stereocenters. The Kier molecular flexibility index (Phi) is 14.1. The molecule has 0 aliphatic rings. The zero-order chi connectivity index (χ0) is 15.8. The normalized spacial score (nSPS) is 13.6. The first-order valence-corrected chi connectivity index (χ1v) is 7.97. The Bertz CT molecular complexity index is 329. The summed E-state index contributed by atoms with van der Waals surface area (Å²) in [6, 6.07) is 0. The molecule has 0 bridgehead atoms. The fourth-order valence-corrected chi connectivity index (χ4v) is 1.67. The van der Waals surface area contributed by atoms with Gasteiger partial charge in [-0.3, -0.25) is 0 Å². The van der Waals surface area contributed by atoms with Gasteiger partial charge < -0.3 is 9.84 Å². The van der Waals surface area contributed by atoms with Gasteiger partial charge in [-0.2, -0.15) is 0 Å². The highest BCUT2D eigenvalue weighted by molar-refractivity contribution is 5.71. The van der Waals surface area contributed by atoms with Crippen LogP contribution >= 0.6 is 0 Å². The number of carboxylic acid groups (broad SMARTS) is 1. The molecule has 0 rings (SSSR count). The summed E-state index contributed by atoms with van der Waals surface area (Å²) in [7, 11) is 0. The third-order valence-electron chi connectivity index (χ3n) is 3.04. The van der Waals surface area contributed by atoms with Gasteiger partial charge in [-0.25, -0.2) is 4.79 Å². The Labute approximate surface area is 129 Å². The molecule has 0 saturated heterocycles. The third-order valence-corrected chi connectivity index (χ3v) is 3.04. The van der Waals surface area contributed by atoms with Crippen molar-refractivity contribution in [2.24, 2.45) is 0 Å². The predicted molar refractivity (Wildman–Crippen MR) is 88.5 cm³/mol. The van der Waals surface area contributed by atoms with Crippen molar-refractivity contribution in [1.29, 1.82) is 0 Å². The fraction of sp³-hybridized carbons (Fsp3) is 0.611. The Morgan fingerprint density at radius 2 is 1.62 bits per heavy atom. The molecule has 0 amide bonds. The smallest absolute Gasteiger partial charge is 0.332 e. The number of ether oxygens (including phenoxy) is 1. The number of carboxylic acids is 1. The summed E-state index contributed by atoms with van der Waals surface area (Å²) in [6.45, 7) is 4.12. The molecule has 21 heavy (non-hydrogen) atoms. The van der Waals surface area contributed by atoms with Crippen molar-refractivity contribution in [3.05, 3.63) is 36.5 Å². The number of aliphatic carboxylic acids is 1. The number of hydrogen-bond acceptors (Lipinski definition) is 2. The van der Waals surface area contributed by atoms with Gasteiger partial charge in [0.15, 0.2) is 6.10 Å². The van der Waals surface area contributed by atoms with Crippen molar-refractivity contribution in [2.45, 2.75) is 64.9 Å². The minimum atomic E-state index is -0.922. The van der Waals surface area contributed by atoms with Crippen LogP contribution in [0.5, 0.6) is 0 Å². The van der Waals surface area contributed by atoms with Crippen LogP contribution < -0.4 is 0 Å². The van der Waals surface area contributed by atoms with E-state index in [0.717, 1.165) is 19.3 Å². The highest BCUT2D eigenvalue weighted by atomic mass is 16.5. The van der Waals surface area contributed by atoms with Crippen molar-refractivity contribution in [3.63, 3.8) is 0 Å². The van der Waals surface area contributed by atoms with E-state index in [1.165, 1.54) is 32.6 Å². The standard InChI is InChI=1S/C18H30O3/c1-3-4-5-6-7-8-9-10-11-12-13-14-15-16-21-17(2)18(19)20/h7-8,10-11,14-15,17H,3-6,9,12-13,16H2,1-2H3,(H,19,20)/b8-7-,11-10-,15-14+. The van der Waals surface area contributed by atoms with Crippen molar-refractivity contribution < 1.29 is 14.6 Å². The molecular formula is C18H30O3. The molecule has 3 heteroatoms. The Morgan fingerprint density at radius 1 is 1.00 bits per heavy atom. The van der Waals surface area contributed by atoms with Gasteiger partial charge in [0.1, 0.15) is 0 Å². The third kappa shape index (κ3) is 14.9. The summed E-state index contributed by atoms with van der Waals surface area (Å²) >= 11 is 0. The quantitative estimate of drug-likeness (QED) is 0.388. The molecule has 0 spiro atoms. The molecule has 120 valence electrons. The van der Waals surface area contributed by atoms with Gasteiger partial charge in [-0.05, 0) is 39.0 Å². The van der Waals surface area contributed by atoms with Crippen molar-refractivity contribution in [1.82, 2.24) is 0 Å². The molecule has 0 heterocycles. The van der Waals surface area contributed by atoms with Gasteiger partial charge in [0, 0.05) is 0 Å². The first-order chi connectivity index (χ1) is 10.2. The molecule has 1 atom stereocenters. The average Bonchev–Trinajstić information content (AvgIpc) is 2.47. The van der Waals surface area contributed by atoms with Gasteiger partial charge in [0.05, 0.1) is 6.61 Å². The van der Waals surface area contributed by atoms with E-state index in [1.807, 2.05) is 12.2 Å². The highest BCUT2D eigenvalue weighted by Crippen LogP contribution is 2.01. The van der Waals surface area contributed by atoms with E-state index in [0.29, 0.717) is 6.61 Å². The van der Waals surface area contributed by atoms with E-state index in [1.54, 1.807) is 0 Å². The summed E-state index contributed by atoms with van der Waals surface area (Å²) in [5, 5.41) is 8.62. The van der Waals surface area contributed by atoms with Crippen LogP contribution in [0.25, 0.3) is 0 Å². The van der Waals surface area contributed by atoms with Crippen molar-refractivity contribution >= 4 is 5.97 Å². The van der Waals surface area contributed by atoms with E-state index in [-0.39, 0.29) is 0 Å². The minimum Gasteiger partial charge on any atom is -0.479 e. The van der Waals surface area contributed by atoms with Gasteiger partial charge in [-0.15, -0.1) is 0 Å². The molecule has 0 fully saturated rings. The first kappa shape index (κ1) is 19.7. The summed E-state index contributed by atoms with van der Waals surface area (Å²) in [5.41, 5.74) is 0. The molecule has 3 nitrogen and oxygen atoms in total. The maximum atomic E-state index is 10.5. The van der Waals surface area contributed by atoms with Crippen LogP contribution in [0.3, 0.4) is 0 Å². The minimum absolute atomic E-state index is 0.359. The molecular weight excluding hydrogens is 264 g/mol. The number of rotatable bonds is 13. The average molecular weight is 294 g/mol. The molecule has 1 N–H and O–H groups in total. The summed E-state index contributed by atoms with van der Waals surface area (Å²) < 4.78 is 5.09. The zero-order valence-electron chi connectivity index (χ0n) is 13.5. The van der Waals surface area contributed by atoms with Gasteiger partial charge in [0.25, 0.3) is 0 Å². The maximum absolute atomic E-state index is 10.5. The van der Waals surface area contributed by atoms with Crippen LogP contribution in [0.1, 0.15) is 58.8 Å². The maximum Gasteiger partial charge on any atom is 0.332 e. The van der Waals surface area contributed by atoms with Gasteiger partial charge >= 0.3 is 5.97 Å². The molecule has 0 aromatic carbocycles. The molecule has 0 aromatic rings. The highest BCUT2D eigenvalue weighted by Gasteiger charge is 2.08. The monoisotopic (exact) mass is 294 g/mol. The van der Waals surface area contributed by atoms with Crippen LogP contribution in [0, 0.1) is 0 Å². The number of allylic oxidation sites excluding steroid dienone is 5. The first-order valence-electron chi connectivity index (χ1n) is 7.97. The van der Waals surface area contributed by atoms with Gasteiger partial charge in [0.2, 0.25) is 0 Å². The van der Waals surface area contributed by atoms with Crippen LogP contribution in [-0.4, -0.2) is 23.8 Å². The second-order valence-corrected chi connectivity index (χ2v) is 5.04. The van der Waals surface area contributed by atoms with Crippen molar-refractivity contribution in [3.8, 4) is 0 Å². The van der Waals surface area contributed by atoms with E-state index in [4.69, 9.17) is 9.84 Å².